The standard InChI is InChI=1S/C15H20N2O/c1-15(2)7-12-11(13(18)8-15)9-16-14(17-12)10-5-3-4-6-10/h9-10H,3-8H2,1-2H3. The maximum atomic E-state index is 12.1. The molecule has 2 aliphatic rings. The molecule has 0 unspecified atom stereocenters. The summed E-state index contributed by atoms with van der Waals surface area (Å²) in [4.78, 5) is 21.2. The monoisotopic (exact) mass is 244 g/mol. The highest BCUT2D eigenvalue weighted by Gasteiger charge is 2.33. The largest absolute Gasteiger partial charge is 0.294 e. The van der Waals surface area contributed by atoms with Gasteiger partial charge < -0.3 is 0 Å². The van der Waals surface area contributed by atoms with Crippen molar-refractivity contribution in [1.29, 1.82) is 0 Å². The fraction of sp³-hybridized carbons (Fsp3) is 0.667. The van der Waals surface area contributed by atoms with Gasteiger partial charge in [-0.25, -0.2) is 9.97 Å². The lowest BCUT2D eigenvalue weighted by Crippen LogP contribution is -2.28. The van der Waals surface area contributed by atoms with Gasteiger partial charge in [0.25, 0.3) is 0 Å². The molecule has 96 valence electrons. The lowest BCUT2D eigenvalue weighted by molar-refractivity contribution is 0.0909. The minimum Gasteiger partial charge on any atom is -0.294 e. The normalized spacial score (nSPS) is 23.1. The van der Waals surface area contributed by atoms with Crippen LogP contribution in [0, 0.1) is 5.41 Å². The number of carbonyl (C=O) groups excluding carboxylic acids is 1. The number of hydrogen-bond donors (Lipinski definition) is 0. The zero-order valence-electron chi connectivity index (χ0n) is 11.2. The molecule has 0 aliphatic heterocycles. The first-order valence-corrected chi connectivity index (χ1v) is 6.94. The van der Waals surface area contributed by atoms with Gasteiger partial charge in [0.05, 0.1) is 11.3 Å². The molecular formula is C15H20N2O. The first-order valence-electron chi connectivity index (χ1n) is 6.94. The summed E-state index contributed by atoms with van der Waals surface area (Å²) in [6.45, 7) is 4.29. The quantitative estimate of drug-likeness (QED) is 0.761. The predicted molar refractivity (Wildman–Crippen MR) is 69.7 cm³/mol. The van der Waals surface area contributed by atoms with Gasteiger partial charge in [-0.05, 0) is 24.7 Å². The van der Waals surface area contributed by atoms with E-state index in [0.717, 1.165) is 23.5 Å². The minimum atomic E-state index is 0.0470. The van der Waals surface area contributed by atoms with Crippen molar-refractivity contribution in [2.24, 2.45) is 5.41 Å². The van der Waals surface area contributed by atoms with Gasteiger partial charge in [0.2, 0.25) is 0 Å². The Kier molecular flexibility index (Phi) is 2.72. The molecule has 1 fully saturated rings. The molecule has 3 rings (SSSR count). The highest BCUT2D eigenvalue weighted by Crippen LogP contribution is 2.36. The number of hydrogen-bond acceptors (Lipinski definition) is 3. The van der Waals surface area contributed by atoms with E-state index in [1.54, 1.807) is 6.20 Å². The van der Waals surface area contributed by atoms with Crippen LogP contribution in [0.5, 0.6) is 0 Å². The van der Waals surface area contributed by atoms with Crippen LogP contribution in [0.3, 0.4) is 0 Å². The molecule has 0 aromatic carbocycles. The van der Waals surface area contributed by atoms with E-state index in [2.05, 4.69) is 18.8 Å². The van der Waals surface area contributed by atoms with Gasteiger partial charge >= 0.3 is 0 Å². The van der Waals surface area contributed by atoms with Crippen molar-refractivity contribution < 1.29 is 4.79 Å². The van der Waals surface area contributed by atoms with Gasteiger partial charge in [-0.15, -0.1) is 0 Å². The van der Waals surface area contributed by atoms with Crippen LogP contribution in [0.25, 0.3) is 0 Å². The Bertz CT molecular complexity index is 487. The van der Waals surface area contributed by atoms with E-state index in [0.29, 0.717) is 12.3 Å². The third-order valence-electron chi connectivity index (χ3n) is 4.19. The number of carbonyl (C=O) groups is 1. The van der Waals surface area contributed by atoms with Crippen molar-refractivity contribution in [2.75, 3.05) is 0 Å². The van der Waals surface area contributed by atoms with Crippen molar-refractivity contribution in [3.05, 3.63) is 23.3 Å². The van der Waals surface area contributed by atoms with Crippen LogP contribution in [-0.4, -0.2) is 15.8 Å². The van der Waals surface area contributed by atoms with Crippen LogP contribution in [0.1, 0.15) is 73.7 Å². The summed E-state index contributed by atoms with van der Waals surface area (Å²) < 4.78 is 0. The zero-order valence-corrected chi connectivity index (χ0v) is 11.2. The molecule has 0 N–H and O–H groups in total. The van der Waals surface area contributed by atoms with E-state index in [-0.39, 0.29) is 11.2 Å². The fourth-order valence-corrected chi connectivity index (χ4v) is 3.23. The topological polar surface area (TPSA) is 42.9 Å². The van der Waals surface area contributed by atoms with Crippen LogP contribution in [-0.2, 0) is 6.42 Å². The van der Waals surface area contributed by atoms with Crippen molar-refractivity contribution in [1.82, 2.24) is 9.97 Å². The molecule has 1 heterocycles. The van der Waals surface area contributed by atoms with E-state index in [4.69, 9.17) is 4.98 Å². The number of fused-ring (bicyclic) bond motifs is 1. The zero-order chi connectivity index (χ0) is 12.8. The smallest absolute Gasteiger partial charge is 0.166 e. The van der Waals surface area contributed by atoms with E-state index in [1.165, 1.54) is 25.7 Å². The molecule has 0 spiro atoms. The molecule has 0 saturated heterocycles. The summed E-state index contributed by atoms with van der Waals surface area (Å²) >= 11 is 0. The molecule has 18 heavy (non-hydrogen) atoms. The highest BCUT2D eigenvalue weighted by molar-refractivity contribution is 5.98. The van der Waals surface area contributed by atoms with Gasteiger partial charge in [0, 0.05) is 18.5 Å². The van der Waals surface area contributed by atoms with Crippen LogP contribution in [0.15, 0.2) is 6.20 Å². The summed E-state index contributed by atoms with van der Waals surface area (Å²) in [6.07, 6.45) is 8.27. The Morgan fingerprint density at radius 2 is 1.94 bits per heavy atom. The van der Waals surface area contributed by atoms with E-state index >= 15 is 0 Å². The van der Waals surface area contributed by atoms with Gasteiger partial charge in [0.15, 0.2) is 5.78 Å². The summed E-state index contributed by atoms with van der Waals surface area (Å²) in [5.41, 5.74) is 1.79. The Labute approximate surface area is 108 Å². The van der Waals surface area contributed by atoms with Crippen LogP contribution >= 0.6 is 0 Å². The van der Waals surface area contributed by atoms with Crippen molar-refractivity contribution in [3.8, 4) is 0 Å². The van der Waals surface area contributed by atoms with Crippen molar-refractivity contribution in [3.63, 3.8) is 0 Å². The molecule has 0 amide bonds. The van der Waals surface area contributed by atoms with Gasteiger partial charge in [-0.3, -0.25) is 4.79 Å². The van der Waals surface area contributed by atoms with E-state index in [9.17, 15) is 4.79 Å². The van der Waals surface area contributed by atoms with Gasteiger partial charge in [-0.1, -0.05) is 26.7 Å². The molecular weight excluding hydrogens is 224 g/mol. The maximum Gasteiger partial charge on any atom is 0.166 e. The number of nitrogens with zero attached hydrogens (tertiary/aromatic N) is 2. The SMILES string of the molecule is CC1(C)CC(=O)c2cnc(C3CCCC3)nc2C1. The molecule has 3 nitrogen and oxygen atoms in total. The Hall–Kier alpha value is -1.25. The van der Waals surface area contributed by atoms with Crippen molar-refractivity contribution >= 4 is 5.78 Å². The first kappa shape index (κ1) is 11.8. The maximum absolute atomic E-state index is 12.1. The molecule has 1 saturated carbocycles. The Morgan fingerprint density at radius 1 is 1.22 bits per heavy atom. The molecule has 0 radical (unpaired) electrons. The third kappa shape index (κ3) is 2.06. The summed E-state index contributed by atoms with van der Waals surface area (Å²) in [5.74, 6) is 1.70. The molecule has 3 heteroatoms. The number of aromatic nitrogens is 2. The first-order chi connectivity index (χ1) is 8.55. The van der Waals surface area contributed by atoms with Crippen LogP contribution < -0.4 is 0 Å². The third-order valence-corrected chi connectivity index (χ3v) is 4.19. The second-order valence-corrected chi connectivity index (χ2v) is 6.51. The molecule has 1 aromatic rings. The minimum absolute atomic E-state index is 0.0470. The van der Waals surface area contributed by atoms with Crippen LogP contribution in [0.2, 0.25) is 0 Å². The number of rotatable bonds is 1. The van der Waals surface area contributed by atoms with E-state index < -0.39 is 0 Å². The summed E-state index contributed by atoms with van der Waals surface area (Å²) in [6, 6.07) is 0. The average molecular weight is 244 g/mol. The molecule has 0 atom stereocenters. The average Bonchev–Trinajstić information content (AvgIpc) is 2.79. The summed E-state index contributed by atoms with van der Waals surface area (Å²) in [5, 5.41) is 0. The molecule has 2 aliphatic carbocycles. The van der Waals surface area contributed by atoms with Crippen molar-refractivity contribution in [2.45, 2.75) is 58.3 Å². The number of ketones is 1. The predicted octanol–water partition coefficient (Wildman–Crippen LogP) is 3.29. The lowest BCUT2D eigenvalue weighted by Gasteiger charge is -2.29. The summed E-state index contributed by atoms with van der Waals surface area (Å²) in [7, 11) is 0. The fourth-order valence-electron chi connectivity index (χ4n) is 3.23. The number of Topliss-reactive ketones (excluding diaryl/α,β-unsaturated/α-hetero) is 1. The molecule has 0 bridgehead atoms. The molecule has 1 aromatic heterocycles. The van der Waals surface area contributed by atoms with Gasteiger partial charge in [-0.2, -0.15) is 0 Å². The van der Waals surface area contributed by atoms with Crippen LogP contribution in [0.4, 0.5) is 0 Å². The van der Waals surface area contributed by atoms with Gasteiger partial charge in [0.1, 0.15) is 5.82 Å². The lowest BCUT2D eigenvalue weighted by atomic mass is 9.76. The second kappa shape index (κ2) is 4.15. The Balaban J connectivity index is 1.96. The highest BCUT2D eigenvalue weighted by atomic mass is 16.1. The van der Waals surface area contributed by atoms with E-state index in [1.807, 2.05) is 0 Å². The second-order valence-electron chi connectivity index (χ2n) is 6.51. The Morgan fingerprint density at radius 3 is 2.67 bits per heavy atom.